The van der Waals surface area contributed by atoms with Crippen molar-refractivity contribution in [2.45, 2.75) is 20.3 Å². The molecule has 0 amide bonds. The third kappa shape index (κ3) is 3.48. The Bertz CT molecular complexity index is 660. The van der Waals surface area contributed by atoms with Gasteiger partial charge in [-0.05, 0) is 25.5 Å². The highest BCUT2D eigenvalue weighted by Gasteiger charge is 2.11. The van der Waals surface area contributed by atoms with Crippen molar-refractivity contribution < 1.29 is 0 Å². The van der Waals surface area contributed by atoms with Crippen molar-refractivity contribution >= 4 is 17.3 Å². The fourth-order valence-corrected chi connectivity index (χ4v) is 2.05. The molecule has 0 spiro atoms. The lowest BCUT2D eigenvalue weighted by Crippen LogP contribution is -2.14. The van der Waals surface area contributed by atoms with Gasteiger partial charge in [-0.15, -0.1) is 0 Å². The van der Waals surface area contributed by atoms with Crippen LogP contribution in [0.2, 0.25) is 0 Å². The quantitative estimate of drug-likeness (QED) is 0.911. The summed E-state index contributed by atoms with van der Waals surface area (Å²) in [6.07, 6.45) is 1.03. The number of aryl methyl sites for hydroxylation is 1. The Labute approximate surface area is 125 Å². The third-order valence-electron chi connectivity index (χ3n) is 3.11. The zero-order chi connectivity index (χ0) is 15.2. The minimum Gasteiger partial charge on any atom is -0.370 e. The molecule has 5 nitrogen and oxygen atoms in total. The first-order valence-corrected chi connectivity index (χ1v) is 6.98. The van der Waals surface area contributed by atoms with Crippen molar-refractivity contribution in [1.29, 1.82) is 5.26 Å². The average molecular weight is 281 g/mol. The van der Waals surface area contributed by atoms with E-state index in [1.54, 1.807) is 6.07 Å². The summed E-state index contributed by atoms with van der Waals surface area (Å²) >= 11 is 0. The average Bonchev–Trinajstić information content (AvgIpc) is 2.51. The number of hydrogen-bond acceptors (Lipinski definition) is 5. The van der Waals surface area contributed by atoms with E-state index < -0.39 is 0 Å². The van der Waals surface area contributed by atoms with E-state index in [0.29, 0.717) is 11.4 Å². The van der Waals surface area contributed by atoms with Crippen LogP contribution in [0.3, 0.4) is 0 Å². The van der Waals surface area contributed by atoms with Gasteiger partial charge in [-0.2, -0.15) is 5.26 Å². The van der Waals surface area contributed by atoms with E-state index in [2.05, 4.69) is 28.3 Å². The number of nitrogens with one attached hydrogen (secondary N) is 1. The molecule has 1 N–H and O–H groups in total. The Balaban J connectivity index is 2.36. The molecule has 0 saturated heterocycles. The van der Waals surface area contributed by atoms with E-state index in [1.165, 1.54) is 0 Å². The summed E-state index contributed by atoms with van der Waals surface area (Å²) in [7, 11) is 1.90. The first-order chi connectivity index (χ1) is 10.2. The zero-order valence-electron chi connectivity index (χ0n) is 12.6. The van der Waals surface area contributed by atoms with Gasteiger partial charge < -0.3 is 10.2 Å². The predicted octanol–water partition coefficient (Wildman–Crippen LogP) is 3.25. The molecule has 0 aliphatic rings. The topological polar surface area (TPSA) is 64.8 Å². The molecule has 0 atom stereocenters. The molecule has 1 aromatic carbocycles. The van der Waals surface area contributed by atoms with Crippen molar-refractivity contribution in [2.24, 2.45) is 0 Å². The van der Waals surface area contributed by atoms with Crippen LogP contribution in [0.1, 0.15) is 24.7 Å². The van der Waals surface area contributed by atoms with Gasteiger partial charge in [0, 0.05) is 19.7 Å². The first kappa shape index (κ1) is 14.8. The second-order valence-corrected chi connectivity index (χ2v) is 4.77. The maximum absolute atomic E-state index is 9.22. The van der Waals surface area contributed by atoms with Gasteiger partial charge in [0.05, 0.1) is 11.3 Å². The normalized spacial score (nSPS) is 10.0. The van der Waals surface area contributed by atoms with Crippen LogP contribution in [-0.4, -0.2) is 23.6 Å². The maximum Gasteiger partial charge on any atom is 0.138 e. The highest BCUT2D eigenvalue weighted by molar-refractivity contribution is 5.67. The molecular weight excluding hydrogens is 262 g/mol. The number of benzene rings is 1. The number of rotatable bonds is 5. The molecule has 2 rings (SSSR count). The number of nitriles is 1. The second kappa shape index (κ2) is 6.71. The van der Waals surface area contributed by atoms with Crippen LogP contribution in [0.15, 0.2) is 30.3 Å². The molecule has 1 aromatic heterocycles. The lowest BCUT2D eigenvalue weighted by molar-refractivity contribution is 0.948. The zero-order valence-corrected chi connectivity index (χ0v) is 12.6. The Hall–Kier alpha value is -2.61. The van der Waals surface area contributed by atoms with Crippen molar-refractivity contribution in [2.75, 3.05) is 23.8 Å². The van der Waals surface area contributed by atoms with Gasteiger partial charge in [-0.3, -0.25) is 0 Å². The first-order valence-electron chi connectivity index (χ1n) is 6.98. The van der Waals surface area contributed by atoms with Crippen LogP contribution in [0.5, 0.6) is 0 Å². The molecular formula is C16H19N5. The maximum atomic E-state index is 9.22. The van der Waals surface area contributed by atoms with Crippen molar-refractivity contribution in [3.05, 3.63) is 41.7 Å². The van der Waals surface area contributed by atoms with E-state index >= 15 is 0 Å². The molecule has 0 unspecified atom stereocenters. The molecule has 0 saturated carbocycles. The van der Waals surface area contributed by atoms with Gasteiger partial charge in [-0.1, -0.05) is 19.1 Å². The Morgan fingerprint density at radius 1 is 1.29 bits per heavy atom. The van der Waals surface area contributed by atoms with Gasteiger partial charge in [0.15, 0.2) is 0 Å². The van der Waals surface area contributed by atoms with E-state index in [9.17, 15) is 5.26 Å². The van der Waals surface area contributed by atoms with Crippen molar-refractivity contribution in [3.8, 4) is 6.07 Å². The van der Waals surface area contributed by atoms with Gasteiger partial charge in [0.1, 0.15) is 23.5 Å². The van der Waals surface area contributed by atoms with Crippen LogP contribution in [0.4, 0.5) is 17.3 Å². The molecule has 108 valence electrons. The van der Waals surface area contributed by atoms with Crippen LogP contribution in [0, 0.1) is 18.3 Å². The summed E-state index contributed by atoms with van der Waals surface area (Å²) in [5.41, 5.74) is 1.46. The SMILES string of the molecule is CCCNc1cc(N(C)c2ccccc2C#N)nc(C)n1. The highest BCUT2D eigenvalue weighted by atomic mass is 15.2. The molecule has 0 aliphatic heterocycles. The summed E-state index contributed by atoms with van der Waals surface area (Å²) in [4.78, 5) is 10.7. The van der Waals surface area contributed by atoms with Crippen LogP contribution in [-0.2, 0) is 0 Å². The predicted molar refractivity (Wildman–Crippen MR) is 84.8 cm³/mol. The largest absolute Gasteiger partial charge is 0.370 e. The van der Waals surface area contributed by atoms with Gasteiger partial charge in [-0.25, -0.2) is 9.97 Å². The van der Waals surface area contributed by atoms with E-state index in [-0.39, 0.29) is 0 Å². The summed E-state index contributed by atoms with van der Waals surface area (Å²) in [6, 6.07) is 11.6. The van der Waals surface area contributed by atoms with Gasteiger partial charge in [0.25, 0.3) is 0 Å². The van der Waals surface area contributed by atoms with Crippen LogP contribution in [0.25, 0.3) is 0 Å². The molecule has 5 heteroatoms. The summed E-state index contributed by atoms with van der Waals surface area (Å²) in [5.74, 6) is 2.27. The molecule has 2 aromatic rings. The Morgan fingerprint density at radius 3 is 2.76 bits per heavy atom. The highest BCUT2D eigenvalue weighted by Crippen LogP contribution is 2.26. The molecule has 21 heavy (non-hydrogen) atoms. The van der Waals surface area contributed by atoms with Gasteiger partial charge in [0.2, 0.25) is 0 Å². The van der Waals surface area contributed by atoms with Crippen molar-refractivity contribution in [1.82, 2.24) is 9.97 Å². The van der Waals surface area contributed by atoms with E-state index in [0.717, 1.165) is 30.3 Å². The fourth-order valence-electron chi connectivity index (χ4n) is 2.05. The van der Waals surface area contributed by atoms with Crippen LogP contribution < -0.4 is 10.2 Å². The third-order valence-corrected chi connectivity index (χ3v) is 3.11. The second-order valence-electron chi connectivity index (χ2n) is 4.77. The number of aromatic nitrogens is 2. The molecule has 0 radical (unpaired) electrons. The standard InChI is InChI=1S/C16H19N5/c1-4-9-18-15-10-16(20-12(2)19-15)21(3)14-8-6-5-7-13(14)11-17/h5-8,10H,4,9H2,1-3H3,(H,18,19,20). The smallest absolute Gasteiger partial charge is 0.138 e. The molecule has 0 fully saturated rings. The summed E-state index contributed by atoms with van der Waals surface area (Å²) in [6.45, 7) is 4.84. The molecule has 1 heterocycles. The number of hydrogen-bond donors (Lipinski definition) is 1. The summed E-state index contributed by atoms with van der Waals surface area (Å²) in [5, 5.41) is 12.5. The monoisotopic (exact) mass is 281 g/mol. The lowest BCUT2D eigenvalue weighted by Gasteiger charge is -2.20. The van der Waals surface area contributed by atoms with Crippen molar-refractivity contribution in [3.63, 3.8) is 0 Å². The van der Waals surface area contributed by atoms with E-state index in [4.69, 9.17) is 0 Å². The Kier molecular flexibility index (Phi) is 4.72. The number of nitrogens with zero attached hydrogens (tertiary/aromatic N) is 4. The Morgan fingerprint density at radius 2 is 2.05 bits per heavy atom. The van der Waals surface area contributed by atoms with Crippen LogP contribution >= 0.6 is 0 Å². The minimum absolute atomic E-state index is 0.624. The van der Waals surface area contributed by atoms with Gasteiger partial charge >= 0.3 is 0 Å². The number of para-hydroxylation sites is 1. The number of anilines is 3. The molecule has 0 bridgehead atoms. The van der Waals surface area contributed by atoms with E-state index in [1.807, 2.05) is 43.1 Å². The lowest BCUT2D eigenvalue weighted by atomic mass is 10.2. The molecule has 0 aliphatic carbocycles. The fraction of sp³-hybridized carbons (Fsp3) is 0.312. The minimum atomic E-state index is 0.624. The summed E-state index contributed by atoms with van der Waals surface area (Å²) < 4.78 is 0.